The van der Waals surface area contributed by atoms with E-state index in [1.807, 2.05) is 20.8 Å². The zero-order valence-corrected chi connectivity index (χ0v) is 11.0. The van der Waals surface area contributed by atoms with Crippen molar-refractivity contribution in [1.29, 1.82) is 0 Å². The number of hydrogen-bond donors (Lipinski definition) is 1. The second-order valence-corrected chi connectivity index (χ2v) is 5.49. The van der Waals surface area contributed by atoms with Crippen molar-refractivity contribution in [3.8, 4) is 0 Å². The summed E-state index contributed by atoms with van der Waals surface area (Å²) in [4.78, 5) is 14.4. The molecule has 0 bridgehead atoms. The number of anilines is 1. The third-order valence-corrected chi connectivity index (χ3v) is 2.26. The smallest absolute Gasteiger partial charge is 0.311 e. The molecule has 0 saturated heterocycles. The summed E-state index contributed by atoms with van der Waals surface area (Å²) in [7, 11) is 0. The van der Waals surface area contributed by atoms with Crippen molar-refractivity contribution in [2.45, 2.75) is 20.8 Å². The lowest BCUT2D eigenvalue weighted by Gasteiger charge is -2.18. The summed E-state index contributed by atoms with van der Waals surface area (Å²) >= 11 is 3.19. The minimum absolute atomic E-state index is 0.00699. The van der Waals surface area contributed by atoms with Gasteiger partial charge in [0.2, 0.25) is 5.82 Å². The third kappa shape index (κ3) is 3.77. The number of nitrogens with one attached hydrogen (secondary N) is 1. The van der Waals surface area contributed by atoms with Gasteiger partial charge in [-0.3, -0.25) is 10.1 Å². The molecule has 0 spiro atoms. The second kappa shape index (κ2) is 4.78. The van der Waals surface area contributed by atoms with Gasteiger partial charge in [-0.25, -0.2) is 4.98 Å². The van der Waals surface area contributed by atoms with Gasteiger partial charge in [0.1, 0.15) is 4.60 Å². The fraction of sp³-hybridized carbons (Fsp3) is 0.500. The summed E-state index contributed by atoms with van der Waals surface area (Å²) in [5.41, 5.74) is 0.0326. The summed E-state index contributed by atoms with van der Waals surface area (Å²) in [6.07, 6.45) is 0. The van der Waals surface area contributed by atoms with Crippen molar-refractivity contribution in [2.75, 3.05) is 11.9 Å². The Morgan fingerprint density at radius 1 is 1.50 bits per heavy atom. The highest BCUT2D eigenvalue weighted by molar-refractivity contribution is 9.10. The summed E-state index contributed by atoms with van der Waals surface area (Å²) in [6.45, 7) is 6.76. The molecule has 0 atom stereocenters. The standard InChI is InChI=1S/C10H14BrN3O2/c1-10(2,3)6-12-9-7(14(15)16)4-5-8(11)13-9/h4-5H,6H2,1-3H3,(H,12,13). The Labute approximate surface area is 103 Å². The average Bonchev–Trinajstić information content (AvgIpc) is 2.13. The Morgan fingerprint density at radius 3 is 2.62 bits per heavy atom. The molecule has 88 valence electrons. The topological polar surface area (TPSA) is 68.1 Å². The molecule has 0 aliphatic carbocycles. The van der Waals surface area contributed by atoms with E-state index in [1.165, 1.54) is 6.07 Å². The molecule has 0 aliphatic rings. The van der Waals surface area contributed by atoms with Crippen LogP contribution in [0, 0.1) is 15.5 Å². The molecule has 5 nitrogen and oxygen atoms in total. The molecule has 1 rings (SSSR count). The van der Waals surface area contributed by atoms with Crippen LogP contribution in [-0.4, -0.2) is 16.5 Å². The largest absolute Gasteiger partial charge is 0.364 e. The molecule has 1 aromatic rings. The minimum atomic E-state index is -0.440. The summed E-state index contributed by atoms with van der Waals surface area (Å²) in [5.74, 6) is 0.300. The van der Waals surface area contributed by atoms with Crippen molar-refractivity contribution in [3.05, 3.63) is 26.9 Å². The first kappa shape index (κ1) is 12.9. The highest BCUT2D eigenvalue weighted by atomic mass is 79.9. The van der Waals surface area contributed by atoms with Crippen LogP contribution in [-0.2, 0) is 0 Å². The molecule has 0 amide bonds. The summed E-state index contributed by atoms with van der Waals surface area (Å²) in [6, 6.07) is 2.99. The molecule has 0 unspecified atom stereocenters. The monoisotopic (exact) mass is 287 g/mol. The van der Waals surface area contributed by atoms with Gasteiger partial charge < -0.3 is 5.32 Å². The van der Waals surface area contributed by atoms with Crippen LogP contribution in [0.3, 0.4) is 0 Å². The maximum atomic E-state index is 10.8. The number of halogens is 1. The number of nitro groups is 1. The molecule has 6 heteroatoms. The number of nitrogens with zero attached hydrogens (tertiary/aromatic N) is 2. The van der Waals surface area contributed by atoms with Crippen molar-refractivity contribution < 1.29 is 4.92 Å². The van der Waals surface area contributed by atoms with Crippen LogP contribution < -0.4 is 5.32 Å². The van der Waals surface area contributed by atoms with Gasteiger partial charge in [-0.2, -0.15) is 0 Å². The molecule has 1 aromatic heterocycles. The van der Waals surface area contributed by atoms with E-state index in [0.717, 1.165) is 0 Å². The van der Waals surface area contributed by atoms with E-state index >= 15 is 0 Å². The zero-order valence-electron chi connectivity index (χ0n) is 9.45. The van der Waals surface area contributed by atoms with Gasteiger partial charge in [-0.1, -0.05) is 20.8 Å². The lowest BCUT2D eigenvalue weighted by Crippen LogP contribution is -2.20. The summed E-state index contributed by atoms with van der Waals surface area (Å²) in [5, 5.41) is 13.8. The molecule has 0 aliphatic heterocycles. The van der Waals surface area contributed by atoms with Crippen LogP contribution >= 0.6 is 15.9 Å². The van der Waals surface area contributed by atoms with E-state index in [2.05, 4.69) is 26.2 Å². The van der Waals surface area contributed by atoms with E-state index < -0.39 is 4.92 Å². The van der Waals surface area contributed by atoms with Crippen LogP contribution in [0.25, 0.3) is 0 Å². The summed E-state index contributed by atoms with van der Waals surface area (Å²) < 4.78 is 0.578. The predicted molar refractivity (Wildman–Crippen MR) is 66.5 cm³/mol. The molecule has 0 fully saturated rings. The SMILES string of the molecule is CC(C)(C)CNc1nc(Br)ccc1[N+](=O)[O-]. The highest BCUT2D eigenvalue weighted by Gasteiger charge is 2.17. The highest BCUT2D eigenvalue weighted by Crippen LogP contribution is 2.25. The van der Waals surface area contributed by atoms with Gasteiger partial charge >= 0.3 is 5.69 Å². The Morgan fingerprint density at radius 2 is 2.12 bits per heavy atom. The van der Waals surface area contributed by atoms with E-state index in [0.29, 0.717) is 17.0 Å². The van der Waals surface area contributed by atoms with Crippen molar-refractivity contribution in [2.24, 2.45) is 5.41 Å². The van der Waals surface area contributed by atoms with Gasteiger partial charge in [0.25, 0.3) is 0 Å². The van der Waals surface area contributed by atoms with Gasteiger partial charge in [-0.05, 0) is 27.4 Å². The van der Waals surface area contributed by atoms with E-state index in [4.69, 9.17) is 0 Å². The van der Waals surface area contributed by atoms with E-state index in [1.54, 1.807) is 6.07 Å². The maximum Gasteiger partial charge on any atom is 0.311 e. The minimum Gasteiger partial charge on any atom is -0.364 e. The molecule has 1 heterocycles. The molecule has 1 N–H and O–H groups in total. The molecular formula is C10H14BrN3O2. The molecule has 0 radical (unpaired) electrons. The number of aromatic nitrogens is 1. The van der Waals surface area contributed by atoms with Crippen LogP contribution in [0.4, 0.5) is 11.5 Å². The fourth-order valence-corrected chi connectivity index (χ4v) is 1.36. The van der Waals surface area contributed by atoms with Crippen molar-refractivity contribution in [1.82, 2.24) is 4.98 Å². The van der Waals surface area contributed by atoms with Gasteiger partial charge in [-0.15, -0.1) is 0 Å². The molecule has 0 aromatic carbocycles. The van der Waals surface area contributed by atoms with E-state index in [9.17, 15) is 10.1 Å². The normalized spacial score (nSPS) is 11.2. The lowest BCUT2D eigenvalue weighted by atomic mass is 9.97. The maximum absolute atomic E-state index is 10.8. The third-order valence-electron chi connectivity index (χ3n) is 1.82. The number of rotatable bonds is 3. The van der Waals surface area contributed by atoms with Crippen molar-refractivity contribution in [3.63, 3.8) is 0 Å². The van der Waals surface area contributed by atoms with Crippen LogP contribution in [0.1, 0.15) is 20.8 Å². The Hall–Kier alpha value is -1.17. The molecular weight excluding hydrogens is 274 g/mol. The van der Waals surface area contributed by atoms with Crippen molar-refractivity contribution >= 4 is 27.4 Å². The van der Waals surface area contributed by atoms with Crippen LogP contribution in [0.15, 0.2) is 16.7 Å². The Balaban J connectivity index is 2.93. The van der Waals surface area contributed by atoms with Crippen LogP contribution in [0.5, 0.6) is 0 Å². The zero-order chi connectivity index (χ0) is 12.3. The first-order valence-electron chi connectivity index (χ1n) is 4.84. The number of hydrogen-bond acceptors (Lipinski definition) is 4. The van der Waals surface area contributed by atoms with Gasteiger partial charge in [0.15, 0.2) is 0 Å². The first-order chi connectivity index (χ1) is 7.29. The average molecular weight is 288 g/mol. The van der Waals surface area contributed by atoms with Gasteiger partial charge in [0.05, 0.1) is 4.92 Å². The molecule has 16 heavy (non-hydrogen) atoms. The van der Waals surface area contributed by atoms with Crippen LogP contribution in [0.2, 0.25) is 0 Å². The predicted octanol–water partition coefficient (Wildman–Crippen LogP) is 3.21. The van der Waals surface area contributed by atoms with E-state index in [-0.39, 0.29) is 11.1 Å². The molecule has 0 saturated carbocycles. The quantitative estimate of drug-likeness (QED) is 0.527. The lowest BCUT2D eigenvalue weighted by molar-refractivity contribution is -0.384. The second-order valence-electron chi connectivity index (χ2n) is 4.67. The Bertz CT molecular complexity index is 402. The fourth-order valence-electron chi connectivity index (χ4n) is 1.05. The number of pyridine rings is 1. The Kier molecular flexibility index (Phi) is 3.85. The first-order valence-corrected chi connectivity index (χ1v) is 5.64. The van der Waals surface area contributed by atoms with Gasteiger partial charge in [0, 0.05) is 12.6 Å².